The van der Waals surface area contributed by atoms with E-state index in [4.69, 9.17) is 29.8 Å². The average Bonchev–Trinajstić information content (AvgIpc) is 3.46. The van der Waals surface area contributed by atoms with Gasteiger partial charge in [-0.3, -0.25) is 19.2 Å². The van der Waals surface area contributed by atoms with Crippen molar-refractivity contribution in [2.75, 3.05) is 39.0 Å². The fourth-order valence-electron chi connectivity index (χ4n) is 5.64. The number of hydrogen-bond donors (Lipinski definition) is 3. The molecule has 1 fully saturated rings. The Balaban J connectivity index is 0.00000115. The second kappa shape index (κ2) is 16.0. The molecule has 4 N–H and O–H groups in total. The largest absolute Gasteiger partial charge is 0.493 e. The van der Waals surface area contributed by atoms with Gasteiger partial charge in [0.2, 0.25) is 5.91 Å². The number of nitrogens with two attached hydrogens (primary N) is 1. The minimum atomic E-state index is -0.833. The van der Waals surface area contributed by atoms with Gasteiger partial charge in [-0.1, -0.05) is 43.4 Å². The number of anilines is 1. The zero-order chi connectivity index (χ0) is 35.9. The summed E-state index contributed by atoms with van der Waals surface area (Å²) in [6.45, 7) is 6.40. The van der Waals surface area contributed by atoms with Crippen LogP contribution in [0.1, 0.15) is 53.5 Å². The number of aromatic nitrogens is 1. The van der Waals surface area contributed by atoms with E-state index in [0.29, 0.717) is 58.6 Å². The minimum Gasteiger partial charge on any atom is -0.493 e. The van der Waals surface area contributed by atoms with Crippen molar-refractivity contribution >= 4 is 50.4 Å². The number of nitrogens with one attached hydrogen (secondary N) is 1. The molecule has 14 heteroatoms. The zero-order valence-corrected chi connectivity index (χ0v) is 29.2. The van der Waals surface area contributed by atoms with Gasteiger partial charge in [0.15, 0.2) is 5.13 Å². The van der Waals surface area contributed by atoms with E-state index >= 15 is 0 Å². The number of nitrogen functional groups attached to an aromatic ring is 1. The van der Waals surface area contributed by atoms with Crippen LogP contribution in [0.2, 0.25) is 0 Å². The number of likely N-dealkylation sites (tertiary alicyclic amines) is 1. The molecular formula is C36H41N5O8S. The van der Waals surface area contributed by atoms with Crippen molar-refractivity contribution in [2.24, 2.45) is 5.92 Å². The Hall–Kier alpha value is -5.21. The quantitative estimate of drug-likeness (QED) is 0.268. The van der Waals surface area contributed by atoms with E-state index in [-0.39, 0.29) is 49.4 Å². The molecule has 50 heavy (non-hydrogen) atoms. The van der Waals surface area contributed by atoms with E-state index in [9.17, 15) is 14.4 Å². The number of fused-ring (bicyclic) bond motifs is 6. The summed E-state index contributed by atoms with van der Waals surface area (Å²) in [6, 6.07) is 17.6. The molecule has 0 unspecified atom stereocenters. The number of amides is 3. The van der Waals surface area contributed by atoms with Gasteiger partial charge in [-0.25, -0.2) is 4.98 Å². The fourth-order valence-corrected chi connectivity index (χ4v) is 6.48. The van der Waals surface area contributed by atoms with Crippen LogP contribution in [0.25, 0.3) is 10.2 Å². The maximum absolute atomic E-state index is 13.7. The Morgan fingerprint density at radius 3 is 2.64 bits per heavy atom. The highest BCUT2D eigenvalue weighted by molar-refractivity contribution is 7.22. The topological polar surface area (TPSA) is 174 Å². The molecule has 2 atom stereocenters. The van der Waals surface area contributed by atoms with Crippen LogP contribution in [-0.4, -0.2) is 89.0 Å². The maximum atomic E-state index is 13.7. The second-order valence-electron chi connectivity index (χ2n) is 12.6. The van der Waals surface area contributed by atoms with Crippen molar-refractivity contribution in [2.45, 2.75) is 45.9 Å². The third kappa shape index (κ3) is 9.27. The lowest BCUT2D eigenvalue weighted by Crippen LogP contribution is -2.57. The molecule has 3 aromatic carbocycles. The van der Waals surface area contributed by atoms with Gasteiger partial charge in [-0.15, -0.1) is 0 Å². The number of aliphatic carboxylic acids is 1. The van der Waals surface area contributed by atoms with Crippen molar-refractivity contribution in [1.29, 1.82) is 0 Å². The third-order valence-electron chi connectivity index (χ3n) is 7.89. The summed E-state index contributed by atoms with van der Waals surface area (Å²) in [6.07, 6.45) is -0.0261. The number of nitrogens with zero attached hydrogens (tertiary/aromatic N) is 3. The Morgan fingerprint density at radius 2 is 1.88 bits per heavy atom. The number of carboxylic acids is 1. The smallest absolute Gasteiger partial charge is 0.300 e. The van der Waals surface area contributed by atoms with Crippen molar-refractivity contribution in [3.63, 3.8) is 0 Å². The van der Waals surface area contributed by atoms with Gasteiger partial charge >= 0.3 is 0 Å². The van der Waals surface area contributed by atoms with E-state index in [1.54, 1.807) is 42.3 Å². The summed E-state index contributed by atoms with van der Waals surface area (Å²) < 4.78 is 19.3. The molecule has 0 aliphatic carbocycles. The van der Waals surface area contributed by atoms with E-state index < -0.39 is 12.1 Å². The Labute approximate surface area is 293 Å². The number of ether oxygens (including phenoxy) is 3. The number of rotatable bonds is 4. The van der Waals surface area contributed by atoms with E-state index in [1.165, 1.54) is 16.2 Å². The molecule has 0 radical (unpaired) electrons. The number of likely N-dealkylation sites (N-methyl/N-ethyl adjacent to an activating group) is 1. The first-order valence-corrected chi connectivity index (χ1v) is 17.0. The number of hydrogen-bond acceptors (Lipinski definition) is 10. The fraction of sp³-hybridized carbons (Fsp3) is 0.361. The molecule has 1 aromatic heterocycles. The predicted molar refractivity (Wildman–Crippen MR) is 189 cm³/mol. The molecule has 3 heterocycles. The molecule has 2 aliphatic heterocycles. The van der Waals surface area contributed by atoms with Crippen LogP contribution in [0.4, 0.5) is 5.13 Å². The van der Waals surface area contributed by atoms with E-state index in [0.717, 1.165) is 17.2 Å². The lowest BCUT2D eigenvalue weighted by Gasteiger charge is -2.39. The first-order valence-electron chi connectivity index (χ1n) is 16.2. The van der Waals surface area contributed by atoms with Crippen molar-refractivity contribution in [3.8, 4) is 17.2 Å². The third-order valence-corrected chi connectivity index (χ3v) is 8.82. The van der Waals surface area contributed by atoms with Gasteiger partial charge in [0.1, 0.15) is 17.2 Å². The zero-order valence-electron chi connectivity index (χ0n) is 28.4. The maximum Gasteiger partial charge on any atom is 0.300 e. The van der Waals surface area contributed by atoms with Crippen LogP contribution in [0, 0.1) is 5.92 Å². The summed E-state index contributed by atoms with van der Waals surface area (Å²) in [5.74, 6) is 0.160. The van der Waals surface area contributed by atoms with Crippen molar-refractivity contribution in [3.05, 3.63) is 77.4 Å². The normalized spacial score (nSPS) is 18.0. The van der Waals surface area contributed by atoms with Gasteiger partial charge in [-0.05, 0) is 54.3 Å². The number of piperidine rings is 1. The summed E-state index contributed by atoms with van der Waals surface area (Å²) in [5, 5.41) is 10.9. The van der Waals surface area contributed by atoms with Crippen LogP contribution < -0.4 is 20.5 Å². The highest BCUT2D eigenvalue weighted by Crippen LogP contribution is 2.31. The summed E-state index contributed by atoms with van der Waals surface area (Å²) >= 11 is 1.28. The Bertz CT molecular complexity index is 1870. The van der Waals surface area contributed by atoms with Crippen LogP contribution in [-0.2, 0) is 20.9 Å². The van der Waals surface area contributed by atoms with E-state index in [2.05, 4.69) is 10.3 Å². The Kier molecular flexibility index (Phi) is 11.5. The first kappa shape index (κ1) is 36.1. The van der Waals surface area contributed by atoms with Gasteiger partial charge in [0.25, 0.3) is 17.8 Å². The Morgan fingerprint density at radius 1 is 1.12 bits per heavy atom. The molecule has 4 aromatic rings. The minimum absolute atomic E-state index is 0.145. The molecule has 4 bridgehead atoms. The standard InChI is InChI=1S/C34H37N5O6S.C2H4O2/c1-20(2)18-43-24-13-22-14-25(15-24)45-23-7-4-6-21(12-23)19-44-29-16-39(11-10-27(29)36-30(40)17-38(3)32(22)41)33(42)26-8-5-9-28-31(26)46-34(35)37-28;1-2(3)4/h4-9,12-15,20,27,29H,10-11,16-19H2,1-3H3,(H2,35,37)(H,36,40);1H3,(H,3,4)/t27-,29-;/m0./s1. The summed E-state index contributed by atoms with van der Waals surface area (Å²) in [7, 11) is 1.58. The lowest BCUT2D eigenvalue weighted by molar-refractivity contribution is -0.134. The van der Waals surface area contributed by atoms with Crippen LogP contribution in [0.3, 0.4) is 0 Å². The highest BCUT2D eigenvalue weighted by atomic mass is 32.1. The van der Waals surface area contributed by atoms with Crippen LogP contribution in [0.15, 0.2) is 60.7 Å². The summed E-state index contributed by atoms with van der Waals surface area (Å²) in [5.41, 5.74) is 8.35. The lowest BCUT2D eigenvalue weighted by atomic mass is 10.00. The van der Waals surface area contributed by atoms with Gasteiger partial charge in [0, 0.05) is 38.7 Å². The van der Waals surface area contributed by atoms with Gasteiger partial charge in [0.05, 0.1) is 47.7 Å². The molecule has 13 nitrogen and oxygen atoms in total. The predicted octanol–water partition coefficient (Wildman–Crippen LogP) is 4.80. The SMILES string of the molecule is CC(=O)O.CC(C)COc1cc2cc(c1)C(=O)N(C)CC(=O)N[C@H]1CCN(C(=O)c3cccc4nc(N)sc34)C[C@@H]1OCc1cccc(c1)O2. The molecule has 6 rings (SSSR count). The molecule has 2 aliphatic rings. The molecule has 3 amide bonds. The number of carbonyl (C=O) groups excluding carboxylic acids is 3. The van der Waals surface area contributed by atoms with E-state index in [1.807, 2.05) is 44.2 Å². The molecule has 1 saturated heterocycles. The van der Waals surface area contributed by atoms with Crippen LogP contribution >= 0.6 is 11.3 Å². The van der Waals surface area contributed by atoms with Crippen molar-refractivity contribution in [1.82, 2.24) is 20.1 Å². The highest BCUT2D eigenvalue weighted by Gasteiger charge is 2.35. The molecule has 0 saturated carbocycles. The monoisotopic (exact) mass is 703 g/mol. The van der Waals surface area contributed by atoms with Crippen LogP contribution in [0.5, 0.6) is 17.2 Å². The second-order valence-corrected chi connectivity index (χ2v) is 13.6. The summed E-state index contributed by atoms with van der Waals surface area (Å²) in [4.78, 5) is 56.9. The number of carboxylic acid groups (broad SMARTS) is 1. The van der Waals surface area contributed by atoms with Gasteiger partial charge < -0.3 is 40.2 Å². The molecular weight excluding hydrogens is 662 g/mol. The molecule has 0 spiro atoms. The van der Waals surface area contributed by atoms with Crippen molar-refractivity contribution < 1.29 is 38.5 Å². The number of carbonyl (C=O) groups is 4. The first-order chi connectivity index (χ1) is 23.9. The van der Waals surface area contributed by atoms with Gasteiger partial charge in [-0.2, -0.15) is 0 Å². The average molecular weight is 704 g/mol. The number of benzene rings is 3. The molecule has 264 valence electrons. The number of thiazole rings is 1.